The average Bonchev–Trinajstić information content (AvgIpc) is 2.78. The Morgan fingerprint density at radius 3 is 2.89 bits per heavy atom. The van der Waals surface area contributed by atoms with Gasteiger partial charge < -0.3 is 15.2 Å². The summed E-state index contributed by atoms with van der Waals surface area (Å²) in [6.07, 6.45) is 10.1. The number of rotatable bonds is 5. The summed E-state index contributed by atoms with van der Waals surface area (Å²) in [5, 5.41) is 6.24. The van der Waals surface area contributed by atoms with Gasteiger partial charge in [-0.05, 0) is 31.5 Å². The van der Waals surface area contributed by atoms with Crippen molar-refractivity contribution in [2.45, 2.75) is 51.2 Å². The molecule has 2 N–H and O–H groups in total. The maximum Gasteiger partial charge on any atom is 0.240 e. The monoisotopic (exact) mass is 249 g/mol. The molecule has 4 nitrogen and oxygen atoms in total. The van der Waals surface area contributed by atoms with Crippen LogP contribution < -0.4 is 10.6 Å². The van der Waals surface area contributed by atoms with Crippen molar-refractivity contribution in [2.24, 2.45) is 0 Å². The molecule has 0 unspecified atom stereocenters. The molecule has 1 aromatic rings. The highest BCUT2D eigenvalue weighted by atomic mass is 16.2. The van der Waals surface area contributed by atoms with Crippen LogP contribution >= 0.6 is 0 Å². The fourth-order valence-corrected chi connectivity index (χ4v) is 2.58. The lowest BCUT2D eigenvalue weighted by molar-refractivity contribution is -0.122. The molecule has 1 saturated carbocycles. The topological polar surface area (TPSA) is 46.1 Å². The van der Waals surface area contributed by atoms with Crippen molar-refractivity contribution < 1.29 is 4.79 Å². The number of hydrogen-bond acceptors (Lipinski definition) is 2. The smallest absolute Gasteiger partial charge is 0.240 e. The van der Waals surface area contributed by atoms with Crippen molar-refractivity contribution in [3.63, 3.8) is 0 Å². The molecule has 0 atom stereocenters. The van der Waals surface area contributed by atoms with Gasteiger partial charge in [0.15, 0.2) is 0 Å². The Morgan fingerprint density at radius 1 is 1.39 bits per heavy atom. The fraction of sp³-hybridized carbons (Fsp3) is 0.643. The van der Waals surface area contributed by atoms with Gasteiger partial charge in [-0.1, -0.05) is 19.3 Å². The zero-order valence-electron chi connectivity index (χ0n) is 11.1. The largest absolute Gasteiger partial charge is 0.352 e. The summed E-state index contributed by atoms with van der Waals surface area (Å²) in [4.78, 5) is 11.9. The number of nitrogens with zero attached hydrogens (tertiary/aromatic N) is 1. The van der Waals surface area contributed by atoms with E-state index < -0.39 is 0 Å². The van der Waals surface area contributed by atoms with Crippen LogP contribution in [0.15, 0.2) is 18.5 Å². The predicted octanol–water partition coefficient (Wildman–Crippen LogP) is 1.66. The first-order valence-corrected chi connectivity index (χ1v) is 6.86. The number of hydrogen-bond donors (Lipinski definition) is 2. The van der Waals surface area contributed by atoms with E-state index >= 15 is 0 Å². The van der Waals surface area contributed by atoms with Gasteiger partial charge in [0.25, 0.3) is 0 Å². The number of amides is 1. The van der Waals surface area contributed by atoms with Crippen LogP contribution in [0.4, 0.5) is 0 Å². The van der Waals surface area contributed by atoms with E-state index in [9.17, 15) is 4.79 Å². The van der Waals surface area contributed by atoms with Crippen molar-refractivity contribution in [3.05, 3.63) is 24.0 Å². The van der Waals surface area contributed by atoms with Gasteiger partial charge in [-0.3, -0.25) is 4.79 Å². The molecule has 0 spiro atoms. The third kappa shape index (κ3) is 3.88. The van der Waals surface area contributed by atoms with Gasteiger partial charge >= 0.3 is 0 Å². The minimum absolute atomic E-state index is 0.133. The van der Waals surface area contributed by atoms with Gasteiger partial charge in [0.1, 0.15) is 6.54 Å². The molecule has 1 fully saturated rings. The number of carbonyl (C=O) groups excluding carboxylic acids is 1. The molecule has 1 amide bonds. The Balaban J connectivity index is 1.78. The van der Waals surface area contributed by atoms with E-state index in [1.165, 1.54) is 24.8 Å². The highest BCUT2D eigenvalue weighted by Crippen LogP contribution is 2.17. The average molecular weight is 249 g/mol. The summed E-state index contributed by atoms with van der Waals surface area (Å²) in [7, 11) is 1.92. The molecule has 0 bridgehead atoms. The van der Waals surface area contributed by atoms with E-state index in [4.69, 9.17) is 0 Å². The highest BCUT2D eigenvalue weighted by Gasteiger charge is 2.15. The molecule has 1 heterocycles. The molecular formula is C14H23N3O. The van der Waals surface area contributed by atoms with Crippen LogP contribution in [0, 0.1) is 0 Å². The summed E-state index contributed by atoms with van der Waals surface area (Å²) in [5.74, 6) is 0.133. The van der Waals surface area contributed by atoms with E-state index in [0.29, 0.717) is 12.6 Å². The number of carbonyl (C=O) groups is 1. The third-order valence-corrected chi connectivity index (χ3v) is 3.49. The molecule has 100 valence electrons. The summed E-state index contributed by atoms with van der Waals surface area (Å²) >= 11 is 0. The molecule has 2 rings (SSSR count). The molecule has 0 radical (unpaired) electrons. The van der Waals surface area contributed by atoms with Gasteiger partial charge in [-0.2, -0.15) is 0 Å². The van der Waals surface area contributed by atoms with E-state index in [-0.39, 0.29) is 5.91 Å². The van der Waals surface area contributed by atoms with Crippen LogP contribution in [0.3, 0.4) is 0 Å². The van der Waals surface area contributed by atoms with Crippen molar-refractivity contribution in [2.75, 3.05) is 7.05 Å². The van der Waals surface area contributed by atoms with Gasteiger partial charge in [0.05, 0.1) is 0 Å². The number of aromatic nitrogens is 1. The lowest BCUT2D eigenvalue weighted by Crippen LogP contribution is -2.38. The second-order valence-electron chi connectivity index (χ2n) is 5.12. The van der Waals surface area contributed by atoms with Crippen LogP contribution in [0.2, 0.25) is 0 Å². The Morgan fingerprint density at radius 2 is 2.17 bits per heavy atom. The fourth-order valence-electron chi connectivity index (χ4n) is 2.58. The summed E-state index contributed by atoms with van der Waals surface area (Å²) < 4.78 is 1.95. The quantitative estimate of drug-likeness (QED) is 0.833. The molecule has 0 aliphatic heterocycles. The molecule has 1 aliphatic rings. The maximum absolute atomic E-state index is 11.9. The maximum atomic E-state index is 11.9. The minimum atomic E-state index is 0.133. The zero-order valence-corrected chi connectivity index (χ0v) is 11.1. The zero-order chi connectivity index (χ0) is 12.8. The van der Waals surface area contributed by atoms with E-state index in [2.05, 4.69) is 10.6 Å². The van der Waals surface area contributed by atoms with Crippen molar-refractivity contribution in [1.82, 2.24) is 15.2 Å². The first-order valence-electron chi connectivity index (χ1n) is 6.86. The van der Waals surface area contributed by atoms with Gasteiger partial charge in [0, 0.05) is 25.0 Å². The van der Waals surface area contributed by atoms with Crippen LogP contribution in [0.25, 0.3) is 0 Å². The molecule has 4 heteroatoms. The Bertz CT molecular complexity index is 380. The third-order valence-electron chi connectivity index (χ3n) is 3.49. The second-order valence-corrected chi connectivity index (χ2v) is 5.12. The van der Waals surface area contributed by atoms with Gasteiger partial charge in [0.2, 0.25) is 5.91 Å². The van der Waals surface area contributed by atoms with Crippen molar-refractivity contribution >= 4 is 5.91 Å². The second kappa shape index (κ2) is 6.59. The normalized spacial score (nSPS) is 16.7. The predicted molar refractivity (Wildman–Crippen MR) is 72.2 cm³/mol. The summed E-state index contributed by atoms with van der Waals surface area (Å²) in [5.41, 5.74) is 1.21. The SMILES string of the molecule is CNCc1ccn(CC(=O)NC2CCCCC2)c1. The van der Waals surface area contributed by atoms with Gasteiger partial charge in [-0.25, -0.2) is 0 Å². The van der Waals surface area contributed by atoms with E-state index in [0.717, 1.165) is 19.4 Å². The van der Waals surface area contributed by atoms with Crippen LogP contribution in [0.1, 0.15) is 37.7 Å². The summed E-state index contributed by atoms with van der Waals surface area (Å²) in [6.45, 7) is 1.28. The standard InChI is InChI=1S/C14H23N3O/c1-15-9-12-7-8-17(10-12)11-14(18)16-13-5-3-2-4-6-13/h7-8,10,13,15H,2-6,9,11H2,1H3,(H,16,18). The molecule has 0 saturated heterocycles. The van der Waals surface area contributed by atoms with Crippen LogP contribution in [0.5, 0.6) is 0 Å². The summed E-state index contributed by atoms with van der Waals surface area (Å²) in [6, 6.07) is 2.45. The lowest BCUT2D eigenvalue weighted by atomic mass is 9.95. The molecule has 0 aromatic carbocycles. The number of nitrogens with one attached hydrogen (secondary N) is 2. The first kappa shape index (κ1) is 13.1. The molecule has 1 aromatic heterocycles. The van der Waals surface area contributed by atoms with Crippen LogP contribution in [-0.4, -0.2) is 23.6 Å². The Hall–Kier alpha value is -1.29. The van der Waals surface area contributed by atoms with Crippen LogP contribution in [-0.2, 0) is 17.9 Å². The molecule has 1 aliphatic carbocycles. The van der Waals surface area contributed by atoms with Gasteiger partial charge in [-0.15, -0.1) is 0 Å². The highest BCUT2D eigenvalue weighted by molar-refractivity contribution is 5.76. The van der Waals surface area contributed by atoms with Crippen molar-refractivity contribution in [3.8, 4) is 0 Å². The minimum Gasteiger partial charge on any atom is -0.352 e. The first-order chi connectivity index (χ1) is 8.78. The van der Waals surface area contributed by atoms with E-state index in [1.54, 1.807) is 0 Å². The molecule has 18 heavy (non-hydrogen) atoms. The molecular weight excluding hydrogens is 226 g/mol. The Labute approximate surface area is 109 Å². The van der Waals surface area contributed by atoms with E-state index in [1.807, 2.05) is 30.1 Å². The van der Waals surface area contributed by atoms with Crippen molar-refractivity contribution in [1.29, 1.82) is 0 Å². The Kier molecular flexibility index (Phi) is 4.81. The lowest BCUT2D eigenvalue weighted by Gasteiger charge is -2.22.